The predicted octanol–water partition coefficient (Wildman–Crippen LogP) is 3.74. The van der Waals surface area contributed by atoms with Crippen molar-refractivity contribution in [1.82, 2.24) is 0 Å². The van der Waals surface area contributed by atoms with Gasteiger partial charge in [-0.1, -0.05) is 19.1 Å². The molecule has 0 saturated heterocycles. The second kappa shape index (κ2) is 6.43. The van der Waals surface area contributed by atoms with Crippen molar-refractivity contribution < 1.29 is 14.6 Å². The van der Waals surface area contributed by atoms with Gasteiger partial charge in [0.15, 0.2) is 0 Å². The van der Waals surface area contributed by atoms with Crippen LogP contribution in [0.5, 0.6) is 11.5 Å². The summed E-state index contributed by atoms with van der Waals surface area (Å²) in [7, 11) is 0. The maximum atomic E-state index is 9.41. The zero-order valence-corrected chi connectivity index (χ0v) is 11.4. The molecule has 2 aromatic rings. The molecule has 0 spiro atoms. The fourth-order valence-corrected chi connectivity index (χ4v) is 1.88. The molecule has 2 aromatic carbocycles. The Bertz CT molecular complexity index is 537. The van der Waals surface area contributed by atoms with E-state index in [9.17, 15) is 5.11 Å². The first-order chi connectivity index (χ1) is 9.19. The van der Waals surface area contributed by atoms with Gasteiger partial charge in [-0.3, -0.25) is 0 Å². The second-order valence-corrected chi connectivity index (χ2v) is 4.69. The fourth-order valence-electron chi connectivity index (χ4n) is 1.88. The first kappa shape index (κ1) is 13.7. The molecule has 0 amide bonds. The van der Waals surface area contributed by atoms with Crippen molar-refractivity contribution >= 4 is 10.8 Å². The van der Waals surface area contributed by atoms with E-state index in [-0.39, 0.29) is 11.9 Å². The number of aromatic hydroxyl groups is 1. The van der Waals surface area contributed by atoms with E-state index in [0.29, 0.717) is 6.61 Å². The van der Waals surface area contributed by atoms with Crippen LogP contribution in [0.3, 0.4) is 0 Å². The van der Waals surface area contributed by atoms with Crippen molar-refractivity contribution in [3.8, 4) is 11.5 Å². The van der Waals surface area contributed by atoms with Crippen molar-refractivity contribution in [2.75, 3.05) is 13.2 Å². The van der Waals surface area contributed by atoms with Crippen LogP contribution in [0.4, 0.5) is 0 Å². The van der Waals surface area contributed by atoms with E-state index in [0.717, 1.165) is 29.5 Å². The summed E-state index contributed by atoms with van der Waals surface area (Å²) < 4.78 is 11.3. The van der Waals surface area contributed by atoms with Crippen molar-refractivity contribution in [3.05, 3.63) is 36.4 Å². The largest absolute Gasteiger partial charge is 0.508 e. The van der Waals surface area contributed by atoms with Gasteiger partial charge in [0.2, 0.25) is 0 Å². The quantitative estimate of drug-likeness (QED) is 0.860. The van der Waals surface area contributed by atoms with Crippen molar-refractivity contribution in [2.45, 2.75) is 26.4 Å². The third kappa shape index (κ3) is 3.86. The third-order valence-electron chi connectivity index (χ3n) is 2.89. The molecule has 102 valence electrons. The summed E-state index contributed by atoms with van der Waals surface area (Å²) in [5.74, 6) is 1.10. The van der Waals surface area contributed by atoms with Gasteiger partial charge in [0, 0.05) is 6.61 Å². The molecule has 0 fully saturated rings. The van der Waals surface area contributed by atoms with E-state index < -0.39 is 0 Å². The Kier molecular flexibility index (Phi) is 4.63. The fraction of sp³-hybridized carbons (Fsp3) is 0.375. The molecular weight excluding hydrogens is 240 g/mol. The third-order valence-corrected chi connectivity index (χ3v) is 2.89. The first-order valence-corrected chi connectivity index (χ1v) is 6.66. The zero-order valence-electron chi connectivity index (χ0n) is 11.4. The van der Waals surface area contributed by atoms with Crippen LogP contribution < -0.4 is 4.74 Å². The average Bonchev–Trinajstić information content (AvgIpc) is 2.42. The summed E-state index contributed by atoms with van der Waals surface area (Å²) in [5, 5.41) is 11.5. The summed E-state index contributed by atoms with van der Waals surface area (Å²) in [6, 6.07) is 11.1. The Morgan fingerprint density at radius 1 is 1.11 bits per heavy atom. The number of fused-ring (bicyclic) bond motifs is 1. The Labute approximate surface area is 113 Å². The molecule has 0 unspecified atom stereocenters. The zero-order chi connectivity index (χ0) is 13.7. The molecule has 0 radical (unpaired) electrons. The lowest BCUT2D eigenvalue weighted by molar-refractivity contribution is 0.0327. The van der Waals surface area contributed by atoms with Gasteiger partial charge in [0.05, 0.1) is 6.10 Å². The van der Waals surface area contributed by atoms with E-state index in [2.05, 4.69) is 6.92 Å². The number of benzene rings is 2. The highest BCUT2D eigenvalue weighted by Crippen LogP contribution is 2.24. The highest BCUT2D eigenvalue weighted by Gasteiger charge is 2.04. The molecule has 1 atom stereocenters. The summed E-state index contributed by atoms with van der Waals surface area (Å²) >= 11 is 0. The van der Waals surface area contributed by atoms with E-state index in [4.69, 9.17) is 9.47 Å². The molecule has 0 saturated carbocycles. The average molecular weight is 260 g/mol. The van der Waals surface area contributed by atoms with Crippen LogP contribution in [-0.2, 0) is 4.74 Å². The van der Waals surface area contributed by atoms with Gasteiger partial charge in [-0.25, -0.2) is 0 Å². The number of ether oxygens (including phenoxy) is 2. The maximum Gasteiger partial charge on any atom is 0.120 e. The maximum absolute atomic E-state index is 9.41. The van der Waals surface area contributed by atoms with E-state index in [1.54, 1.807) is 12.1 Å². The number of rotatable bonds is 6. The van der Waals surface area contributed by atoms with Crippen LogP contribution in [0.15, 0.2) is 36.4 Å². The van der Waals surface area contributed by atoms with Crippen LogP contribution in [0.2, 0.25) is 0 Å². The Morgan fingerprint density at radius 2 is 1.84 bits per heavy atom. The van der Waals surface area contributed by atoms with Crippen molar-refractivity contribution in [3.63, 3.8) is 0 Å². The van der Waals surface area contributed by atoms with Crippen molar-refractivity contribution in [2.24, 2.45) is 0 Å². The molecule has 3 nitrogen and oxygen atoms in total. The lowest BCUT2D eigenvalue weighted by Gasteiger charge is -2.14. The molecule has 2 rings (SSSR count). The molecule has 3 heteroatoms. The molecule has 0 bridgehead atoms. The SMILES string of the molecule is CCCO[C@@H](C)COc1ccc2cc(O)ccc2c1. The number of phenols is 1. The molecule has 1 N–H and O–H groups in total. The molecule has 0 heterocycles. The van der Waals surface area contributed by atoms with Gasteiger partial charge in [0.1, 0.15) is 18.1 Å². The van der Waals surface area contributed by atoms with E-state index in [1.807, 2.05) is 31.2 Å². The minimum Gasteiger partial charge on any atom is -0.508 e. The highest BCUT2D eigenvalue weighted by molar-refractivity contribution is 5.85. The summed E-state index contributed by atoms with van der Waals surface area (Å²) in [6.45, 7) is 5.41. The van der Waals surface area contributed by atoms with E-state index >= 15 is 0 Å². The Balaban J connectivity index is 1.99. The van der Waals surface area contributed by atoms with Gasteiger partial charge in [-0.15, -0.1) is 0 Å². The molecule has 0 aliphatic heterocycles. The Hall–Kier alpha value is -1.74. The van der Waals surface area contributed by atoms with Crippen LogP contribution in [0.1, 0.15) is 20.3 Å². The van der Waals surface area contributed by atoms with Gasteiger partial charge in [-0.2, -0.15) is 0 Å². The smallest absolute Gasteiger partial charge is 0.120 e. The highest BCUT2D eigenvalue weighted by atomic mass is 16.5. The van der Waals surface area contributed by atoms with Gasteiger partial charge >= 0.3 is 0 Å². The van der Waals surface area contributed by atoms with Gasteiger partial charge in [0.25, 0.3) is 0 Å². The van der Waals surface area contributed by atoms with Crippen LogP contribution in [-0.4, -0.2) is 24.4 Å². The molecule has 19 heavy (non-hydrogen) atoms. The predicted molar refractivity (Wildman–Crippen MR) is 76.8 cm³/mol. The summed E-state index contributed by atoms with van der Waals surface area (Å²) in [4.78, 5) is 0. The molecule has 0 aliphatic rings. The number of hydrogen-bond acceptors (Lipinski definition) is 3. The van der Waals surface area contributed by atoms with Gasteiger partial charge in [-0.05, 0) is 48.4 Å². The van der Waals surface area contributed by atoms with E-state index in [1.165, 1.54) is 0 Å². The minimum atomic E-state index is 0.0930. The van der Waals surface area contributed by atoms with Crippen LogP contribution >= 0.6 is 0 Å². The lowest BCUT2D eigenvalue weighted by Crippen LogP contribution is -2.18. The number of phenolic OH excluding ortho intramolecular Hbond substituents is 1. The number of hydrogen-bond donors (Lipinski definition) is 1. The molecule has 0 aliphatic carbocycles. The minimum absolute atomic E-state index is 0.0930. The van der Waals surface area contributed by atoms with Gasteiger partial charge < -0.3 is 14.6 Å². The second-order valence-electron chi connectivity index (χ2n) is 4.69. The summed E-state index contributed by atoms with van der Waals surface area (Å²) in [5.41, 5.74) is 0. The lowest BCUT2D eigenvalue weighted by atomic mass is 10.1. The summed E-state index contributed by atoms with van der Waals surface area (Å²) in [6.07, 6.45) is 1.11. The van der Waals surface area contributed by atoms with Crippen LogP contribution in [0, 0.1) is 0 Å². The molecule has 0 aromatic heterocycles. The standard InChI is InChI=1S/C16H20O3/c1-3-8-18-12(2)11-19-16-7-5-13-9-15(17)6-4-14(13)10-16/h4-7,9-10,12,17H,3,8,11H2,1-2H3/t12-/m0/s1. The topological polar surface area (TPSA) is 38.7 Å². The molecular formula is C16H20O3. The normalized spacial score (nSPS) is 12.5. The monoisotopic (exact) mass is 260 g/mol. The Morgan fingerprint density at radius 3 is 2.63 bits per heavy atom. The first-order valence-electron chi connectivity index (χ1n) is 6.66. The van der Waals surface area contributed by atoms with Crippen molar-refractivity contribution in [1.29, 1.82) is 0 Å². The van der Waals surface area contributed by atoms with Crippen LogP contribution in [0.25, 0.3) is 10.8 Å².